The Balaban J connectivity index is 1.65. The summed E-state index contributed by atoms with van der Waals surface area (Å²) in [5.41, 5.74) is 2.81. The number of aromatic nitrogens is 2. The third-order valence-corrected chi connectivity index (χ3v) is 4.02. The molecule has 0 saturated heterocycles. The van der Waals surface area contributed by atoms with Crippen LogP contribution in [0.4, 0.5) is 0 Å². The molecule has 1 N–H and O–H groups in total. The monoisotopic (exact) mass is 349 g/mol. The Bertz CT molecular complexity index is 844. The molecular formula is C21H23N3O2. The molecule has 0 atom stereocenters. The van der Waals surface area contributed by atoms with Crippen LogP contribution in [0.15, 0.2) is 67.0 Å². The Hall–Kier alpha value is -3.08. The molecule has 3 aromatic rings. The largest absolute Gasteiger partial charge is 0.494 e. The molecule has 0 radical (unpaired) electrons. The van der Waals surface area contributed by atoms with E-state index in [1.807, 2.05) is 47.3 Å². The van der Waals surface area contributed by atoms with Crippen LogP contribution in [0.1, 0.15) is 34.8 Å². The predicted octanol–water partition coefficient (Wildman–Crippen LogP) is 3.65. The molecule has 0 unspecified atom stereocenters. The van der Waals surface area contributed by atoms with E-state index in [0.29, 0.717) is 25.3 Å². The topological polar surface area (TPSA) is 56.1 Å². The van der Waals surface area contributed by atoms with Crippen molar-refractivity contribution in [1.82, 2.24) is 15.1 Å². The number of benzene rings is 2. The quantitative estimate of drug-likeness (QED) is 0.675. The van der Waals surface area contributed by atoms with Crippen LogP contribution in [-0.2, 0) is 13.1 Å². The SMILES string of the molecule is CCCOc1cccc(C(=O)NCc2ccccc2Cn2cccn2)c1. The maximum Gasteiger partial charge on any atom is 0.251 e. The molecule has 5 heteroatoms. The first-order chi connectivity index (χ1) is 12.8. The Morgan fingerprint density at radius 2 is 1.96 bits per heavy atom. The number of carbonyl (C=O) groups excluding carboxylic acids is 1. The van der Waals surface area contributed by atoms with Crippen molar-refractivity contribution in [3.8, 4) is 5.75 Å². The van der Waals surface area contributed by atoms with E-state index in [2.05, 4.69) is 23.4 Å². The summed E-state index contributed by atoms with van der Waals surface area (Å²) in [6.07, 6.45) is 4.62. The van der Waals surface area contributed by atoms with Crippen LogP contribution in [0.2, 0.25) is 0 Å². The van der Waals surface area contributed by atoms with Crippen LogP contribution in [0, 0.1) is 0 Å². The molecule has 0 fully saturated rings. The van der Waals surface area contributed by atoms with Crippen LogP contribution in [0.25, 0.3) is 0 Å². The number of ether oxygens (including phenoxy) is 1. The summed E-state index contributed by atoms with van der Waals surface area (Å²) in [6.45, 7) is 3.85. The first-order valence-electron chi connectivity index (χ1n) is 8.81. The zero-order chi connectivity index (χ0) is 18.2. The van der Waals surface area contributed by atoms with E-state index in [0.717, 1.165) is 23.3 Å². The molecule has 1 amide bonds. The average Bonchev–Trinajstić information content (AvgIpc) is 3.19. The Labute approximate surface area is 153 Å². The fraction of sp³-hybridized carbons (Fsp3) is 0.238. The summed E-state index contributed by atoms with van der Waals surface area (Å²) < 4.78 is 7.47. The number of carbonyl (C=O) groups is 1. The number of nitrogens with one attached hydrogen (secondary N) is 1. The van der Waals surface area contributed by atoms with E-state index in [9.17, 15) is 4.79 Å². The molecule has 1 aromatic heterocycles. The Morgan fingerprint density at radius 1 is 1.12 bits per heavy atom. The zero-order valence-corrected chi connectivity index (χ0v) is 14.9. The number of hydrogen-bond acceptors (Lipinski definition) is 3. The van der Waals surface area contributed by atoms with E-state index >= 15 is 0 Å². The lowest BCUT2D eigenvalue weighted by atomic mass is 10.1. The molecule has 0 aliphatic rings. The molecule has 0 bridgehead atoms. The highest BCUT2D eigenvalue weighted by Crippen LogP contribution is 2.15. The third kappa shape index (κ3) is 4.72. The highest BCUT2D eigenvalue weighted by atomic mass is 16.5. The van der Waals surface area contributed by atoms with Crippen molar-refractivity contribution in [2.24, 2.45) is 0 Å². The van der Waals surface area contributed by atoms with E-state index in [4.69, 9.17) is 4.74 Å². The zero-order valence-electron chi connectivity index (χ0n) is 14.9. The van der Waals surface area contributed by atoms with Gasteiger partial charge in [0.2, 0.25) is 0 Å². The minimum absolute atomic E-state index is 0.110. The molecular weight excluding hydrogens is 326 g/mol. The number of amides is 1. The van der Waals surface area contributed by atoms with Gasteiger partial charge >= 0.3 is 0 Å². The second-order valence-electron chi connectivity index (χ2n) is 6.03. The van der Waals surface area contributed by atoms with Gasteiger partial charge in [-0.2, -0.15) is 5.10 Å². The molecule has 3 rings (SSSR count). The average molecular weight is 349 g/mol. The highest BCUT2D eigenvalue weighted by Gasteiger charge is 2.09. The van der Waals surface area contributed by atoms with Crippen LogP contribution >= 0.6 is 0 Å². The standard InChI is InChI=1S/C21H23N3O2/c1-2-13-26-20-10-5-9-17(14-20)21(25)22-15-18-7-3-4-8-19(18)16-24-12-6-11-23-24/h3-12,14H,2,13,15-16H2,1H3,(H,22,25). The summed E-state index contributed by atoms with van der Waals surface area (Å²) in [5, 5.41) is 7.24. The van der Waals surface area contributed by atoms with Crippen molar-refractivity contribution < 1.29 is 9.53 Å². The van der Waals surface area contributed by atoms with E-state index in [-0.39, 0.29) is 5.91 Å². The maximum absolute atomic E-state index is 12.5. The molecule has 26 heavy (non-hydrogen) atoms. The van der Waals surface area contributed by atoms with Crippen LogP contribution in [-0.4, -0.2) is 22.3 Å². The first kappa shape index (κ1) is 17.7. The third-order valence-electron chi connectivity index (χ3n) is 4.02. The second kappa shape index (κ2) is 8.85. The van der Waals surface area contributed by atoms with Gasteiger partial charge in [0.15, 0.2) is 0 Å². The van der Waals surface area contributed by atoms with E-state index < -0.39 is 0 Å². The molecule has 0 spiro atoms. The van der Waals surface area contributed by atoms with Crippen LogP contribution in [0.5, 0.6) is 5.75 Å². The van der Waals surface area contributed by atoms with Gasteiger partial charge in [-0.15, -0.1) is 0 Å². The fourth-order valence-corrected chi connectivity index (χ4v) is 2.68. The summed E-state index contributed by atoms with van der Waals surface area (Å²) in [6, 6.07) is 17.2. The molecule has 0 aliphatic carbocycles. The Morgan fingerprint density at radius 3 is 2.73 bits per heavy atom. The van der Waals surface area contributed by atoms with Gasteiger partial charge in [0.25, 0.3) is 5.91 Å². The molecule has 0 aliphatic heterocycles. The highest BCUT2D eigenvalue weighted by molar-refractivity contribution is 5.94. The molecule has 5 nitrogen and oxygen atoms in total. The summed E-state index contributed by atoms with van der Waals surface area (Å²) >= 11 is 0. The van der Waals surface area contributed by atoms with Crippen molar-refractivity contribution in [3.63, 3.8) is 0 Å². The van der Waals surface area contributed by atoms with Gasteiger partial charge in [-0.25, -0.2) is 0 Å². The predicted molar refractivity (Wildman–Crippen MR) is 101 cm³/mol. The number of nitrogens with zero attached hydrogens (tertiary/aromatic N) is 2. The summed E-state index contributed by atoms with van der Waals surface area (Å²) in [7, 11) is 0. The van der Waals surface area contributed by atoms with Gasteiger partial charge in [0.1, 0.15) is 5.75 Å². The van der Waals surface area contributed by atoms with Crippen LogP contribution < -0.4 is 10.1 Å². The lowest BCUT2D eigenvalue weighted by Crippen LogP contribution is -2.23. The molecule has 0 saturated carbocycles. The van der Waals surface area contributed by atoms with Gasteiger partial charge in [-0.1, -0.05) is 37.3 Å². The minimum atomic E-state index is -0.110. The van der Waals surface area contributed by atoms with Crippen molar-refractivity contribution in [1.29, 1.82) is 0 Å². The summed E-state index contributed by atoms with van der Waals surface area (Å²) in [4.78, 5) is 12.5. The first-order valence-corrected chi connectivity index (χ1v) is 8.81. The lowest BCUT2D eigenvalue weighted by molar-refractivity contribution is 0.0950. The van der Waals surface area contributed by atoms with Crippen molar-refractivity contribution in [3.05, 3.63) is 83.7 Å². The van der Waals surface area contributed by atoms with Gasteiger partial charge in [0, 0.05) is 24.5 Å². The lowest BCUT2D eigenvalue weighted by Gasteiger charge is -2.12. The molecule has 134 valence electrons. The van der Waals surface area contributed by atoms with Crippen molar-refractivity contribution in [2.45, 2.75) is 26.4 Å². The summed E-state index contributed by atoms with van der Waals surface area (Å²) in [5.74, 6) is 0.611. The maximum atomic E-state index is 12.5. The van der Waals surface area contributed by atoms with E-state index in [1.165, 1.54) is 0 Å². The van der Waals surface area contributed by atoms with Gasteiger partial charge in [-0.3, -0.25) is 9.48 Å². The van der Waals surface area contributed by atoms with Crippen molar-refractivity contribution in [2.75, 3.05) is 6.61 Å². The number of hydrogen-bond donors (Lipinski definition) is 1. The Kier molecular flexibility index (Phi) is 6.04. The molecule has 1 heterocycles. The number of rotatable bonds is 8. The smallest absolute Gasteiger partial charge is 0.251 e. The normalized spacial score (nSPS) is 10.5. The van der Waals surface area contributed by atoms with Gasteiger partial charge < -0.3 is 10.1 Å². The van der Waals surface area contributed by atoms with Gasteiger partial charge in [-0.05, 0) is 41.8 Å². The second-order valence-corrected chi connectivity index (χ2v) is 6.03. The fourth-order valence-electron chi connectivity index (χ4n) is 2.68. The minimum Gasteiger partial charge on any atom is -0.494 e. The van der Waals surface area contributed by atoms with E-state index in [1.54, 1.807) is 18.3 Å². The van der Waals surface area contributed by atoms with Crippen LogP contribution in [0.3, 0.4) is 0 Å². The molecule has 2 aromatic carbocycles. The van der Waals surface area contributed by atoms with Gasteiger partial charge in [0.05, 0.1) is 13.2 Å². The van der Waals surface area contributed by atoms with Crippen molar-refractivity contribution >= 4 is 5.91 Å².